The fraction of sp³-hybridized carbons (Fsp3) is 0.200. The van der Waals surface area contributed by atoms with Crippen LogP contribution in [0.15, 0.2) is 48.5 Å². The molecule has 1 nitrogen and oxygen atoms in total. The van der Waals surface area contributed by atoms with E-state index in [1.807, 2.05) is 36.4 Å². The van der Waals surface area contributed by atoms with Gasteiger partial charge in [-0.3, -0.25) is 0 Å². The SMILES string of the molecule is C[C@H](NCc1c(Cl)cccc1Cl)c1ccccc1. The Morgan fingerprint density at radius 3 is 2.17 bits per heavy atom. The van der Waals surface area contributed by atoms with E-state index in [2.05, 4.69) is 24.4 Å². The topological polar surface area (TPSA) is 12.0 Å². The highest BCUT2D eigenvalue weighted by molar-refractivity contribution is 6.35. The molecule has 2 aromatic rings. The Labute approximate surface area is 118 Å². The first-order valence-corrected chi connectivity index (χ1v) is 6.65. The summed E-state index contributed by atoms with van der Waals surface area (Å²) in [5, 5.41) is 4.84. The van der Waals surface area contributed by atoms with Crippen LogP contribution in [0.4, 0.5) is 0 Å². The van der Waals surface area contributed by atoms with Crippen LogP contribution in [0, 0.1) is 0 Å². The molecule has 0 heterocycles. The van der Waals surface area contributed by atoms with Gasteiger partial charge in [-0.2, -0.15) is 0 Å². The molecule has 0 fully saturated rings. The highest BCUT2D eigenvalue weighted by Gasteiger charge is 2.08. The molecule has 0 spiro atoms. The summed E-state index contributed by atoms with van der Waals surface area (Å²) in [6.45, 7) is 2.79. The molecule has 0 saturated carbocycles. The smallest absolute Gasteiger partial charge is 0.0465 e. The van der Waals surface area contributed by atoms with Crippen LogP contribution in [0.3, 0.4) is 0 Å². The minimum Gasteiger partial charge on any atom is -0.306 e. The van der Waals surface area contributed by atoms with Crippen LogP contribution >= 0.6 is 23.2 Å². The molecule has 18 heavy (non-hydrogen) atoms. The maximum absolute atomic E-state index is 6.13. The third-order valence-corrected chi connectivity index (χ3v) is 3.65. The quantitative estimate of drug-likeness (QED) is 0.844. The molecule has 0 aliphatic heterocycles. The standard InChI is InChI=1S/C15H15Cl2N/c1-11(12-6-3-2-4-7-12)18-10-13-14(16)8-5-9-15(13)17/h2-9,11,18H,10H2,1H3/t11-/m0/s1. The second-order valence-corrected chi connectivity index (χ2v) is 5.03. The lowest BCUT2D eigenvalue weighted by Crippen LogP contribution is -2.18. The third kappa shape index (κ3) is 3.26. The molecule has 94 valence electrons. The van der Waals surface area contributed by atoms with Gasteiger partial charge in [-0.05, 0) is 24.6 Å². The highest BCUT2D eigenvalue weighted by atomic mass is 35.5. The Balaban J connectivity index is 2.04. The summed E-state index contributed by atoms with van der Waals surface area (Å²) in [6, 6.07) is 16.1. The lowest BCUT2D eigenvalue weighted by atomic mass is 10.1. The van der Waals surface area contributed by atoms with E-state index in [1.165, 1.54) is 5.56 Å². The molecule has 0 aromatic heterocycles. The molecule has 0 radical (unpaired) electrons. The molecule has 0 aliphatic rings. The van der Waals surface area contributed by atoms with E-state index >= 15 is 0 Å². The zero-order chi connectivity index (χ0) is 13.0. The second kappa shape index (κ2) is 6.24. The van der Waals surface area contributed by atoms with E-state index in [4.69, 9.17) is 23.2 Å². The molecule has 0 unspecified atom stereocenters. The van der Waals surface area contributed by atoms with E-state index in [9.17, 15) is 0 Å². The maximum atomic E-state index is 6.13. The van der Waals surface area contributed by atoms with Crippen molar-refractivity contribution in [3.8, 4) is 0 Å². The average Bonchev–Trinajstić information content (AvgIpc) is 2.39. The Morgan fingerprint density at radius 1 is 0.944 bits per heavy atom. The minimum atomic E-state index is 0.263. The van der Waals surface area contributed by atoms with Crippen molar-refractivity contribution in [1.82, 2.24) is 5.32 Å². The van der Waals surface area contributed by atoms with Gasteiger partial charge in [0.15, 0.2) is 0 Å². The van der Waals surface area contributed by atoms with Crippen molar-refractivity contribution < 1.29 is 0 Å². The fourth-order valence-electron chi connectivity index (χ4n) is 1.82. The zero-order valence-electron chi connectivity index (χ0n) is 10.2. The number of nitrogens with one attached hydrogen (secondary N) is 1. The van der Waals surface area contributed by atoms with Crippen molar-refractivity contribution in [2.45, 2.75) is 19.5 Å². The molecular weight excluding hydrogens is 265 g/mol. The lowest BCUT2D eigenvalue weighted by Gasteiger charge is -2.15. The van der Waals surface area contributed by atoms with Gasteiger partial charge in [0.2, 0.25) is 0 Å². The molecule has 0 amide bonds. The van der Waals surface area contributed by atoms with Crippen LogP contribution in [0.25, 0.3) is 0 Å². The van der Waals surface area contributed by atoms with Gasteiger partial charge in [-0.25, -0.2) is 0 Å². The van der Waals surface area contributed by atoms with Crippen molar-refractivity contribution in [2.24, 2.45) is 0 Å². The Bertz CT molecular complexity index is 491. The summed E-state index contributed by atoms with van der Waals surface area (Å²) >= 11 is 12.3. The third-order valence-electron chi connectivity index (χ3n) is 2.95. The van der Waals surface area contributed by atoms with Crippen molar-refractivity contribution in [2.75, 3.05) is 0 Å². The first-order chi connectivity index (χ1) is 8.68. The van der Waals surface area contributed by atoms with Crippen LogP contribution in [0.5, 0.6) is 0 Å². The van der Waals surface area contributed by atoms with Gasteiger partial charge in [0.25, 0.3) is 0 Å². The van der Waals surface area contributed by atoms with Gasteiger partial charge >= 0.3 is 0 Å². The zero-order valence-corrected chi connectivity index (χ0v) is 11.7. The van der Waals surface area contributed by atoms with Crippen LogP contribution < -0.4 is 5.32 Å². The molecule has 2 aromatic carbocycles. The summed E-state index contributed by atoms with van der Waals surface area (Å²) in [6.07, 6.45) is 0. The van der Waals surface area contributed by atoms with E-state index < -0.39 is 0 Å². The number of rotatable bonds is 4. The molecule has 0 saturated heterocycles. The number of hydrogen-bond acceptors (Lipinski definition) is 1. The summed E-state index contributed by atoms with van der Waals surface area (Å²) in [7, 11) is 0. The van der Waals surface area contributed by atoms with Gasteiger partial charge < -0.3 is 5.32 Å². The van der Waals surface area contributed by atoms with E-state index in [0.717, 1.165) is 5.56 Å². The number of benzene rings is 2. The molecule has 1 atom stereocenters. The van der Waals surface area contributed by atoms with Crippen LogP contribution in [0.2, 0.25) is 10.0 Å². The first-order valence-electron chi connectivity index (χ1n) is 5.89. The van der Waals surface area contributed by atoms with Crippen molar-refractivity contribution in [3.05, 3.63) is 69.7 Å². The predicted molar refractivity (Wildman–Crippen MR) is 78.2 cm³/mol. The Morgan fingerprint density at radius 2 is 1.56 bits per heavy atom. The number of halogens is 2. The number of hydrogen-bond donors (Lipinski definition) is 1. The molecule has 3 heteroatoms. The van der Waals surface area contributed by atoms with Crippen LogP contribution in [0.1, 0.15) is 24.1 Å². The Kier molecular flexibility index (Phi) is 4.65. The van der Waals surface area contributed by atoms with Crippen molar-refractivity contribution >= 4 is 23.2 Å². The Hall–Kier alpha value is -1.02. The van der Waals surface area contributed by atoms with Crippen molar-refractivity contribution in [1.29, 1.82) is 0 Å². The maximum Gasteiger partial charge on any atom is 0.0465 e. The van der Waals surface area contributed by atoms with Gasteiger partial charge in [0, 0.05) is 28.2 Å². The summed E-state index contributed by atoms with van der Waals surface area (Å²) in [5.41, 5.74) is 2.20. The summed E-state index contributed by atoms with van der Waals surface area (Å²) in [5.74, 6) is 0. The van der Waals surface area contributed by atoms with Gasteiger partial charge in [-0.1, -0.05) is 59.6 Å². The molecular formula is C15H15Cl2N. The van der Waals surface area contributed by atoms with Gasteiger partial charge in [0.05, 0.1) is 0 Å². The van der Waals surface area contributed by atoms with Crippen molar-refractivity contribution in [3.63, 3.8) is 0 Å². The normalized spacial score (nSPS) is 12.4. The monoisotopic (exact) mass is 279 g/mol. The molecule has 0 bridgehead atoms. The largest absolute Gasteiger partial charge is 0.306 e. The average molecular weight is 280 g/mol. The van der Waals surface area contributed by atoms with Gasteiger partial charge in [0.1, 0.15) is 0 Å². The molecule has 1 N–H and O–H groups in total. The molecule has 0 aliphatic carbocycles. The second-order valence-electron chi connectivity index (χ2n) is 4.21. The van der Waals surface area contributed by atoms with Crippen LogP contribution in [-0.2, 0) is 6.54 Å². The van der Waals surface area contributed by atoms with Crippen LogP contribution in [-0.4, -0.2) is 0 Å². The molecule has 2 rings (SSSR count). The van der Waals surface area contributed by atoms with Gasteiger partial charge in [-0.15, -0.1) is 0 Å². The first kappa shape index (κ1) is 13.4. The van der Waals surface area contributed by atoms with E-state index in [0.29, 0.717) is 16.6 Å². The highest BCUT2D eigenvalue weighted by Crippen LogP contribution is 2.24. The summed E-state index contributed by atoms with van der Waals surface area (Å²) in [4.78, 5) is 0. The van der Waals surface area contributed by atoms with E-state index in [-0.39, 0.29) is 6.04 Å². The fourth-order valence-corrected chi connectivity index (χ4v) is 2.35. The van der Waals surface area contributed by atoms with E-state index in [1.54, 1.807) is 0 Å². The lowest BCUT2D eigenvalue weighted by molar-refractivity contribution is 0.575. The minimum absolute atomic E-state index is 0.263. The summed E-state index contributed by atoms with van der Waals surface area (Å²) < 4.78 is 0. The predicted octanol–water partition coefficient (Wildman–Crippen LogP) is 4.84.